The van der Waals surface area contributed by atoms with Gasteiger partial charge in [-0.2, -0.15) is 0 Å². The van der Waals surface area contributed by atoms with Gasteiger partial charge < -0.3 is 15.4 Å². The summed E-state index contributed by atoms with van der Waals surface area (Å²) in [6.07, 6.45) is 3.32. The summed E-state index contributed by atoms with van der Waals surface area (Å²) >= 11 is 0. The smallest absolute Gasteiger partial charge is 0.0474 e. The van der Waals surface area contributed by atoms with Gasteiger partial charge in [0.05, 0.1) is 0 Å². The normalized spacial score (nSPS) is 18.2. The number of hydrogen-bond acceptors (Lipinski definition) is 4. The lowest BCUT2D eigenvalue weighted by atomic mass is 9.85. The lowest BCUT2D eigenvalue weighted by molar-refractivity contribution is 0.0838. The van der Waals surface area contributed by atoms with Crippen LogP contribution in [0.25, 0.3) is 0 Å². The van der Waals surface area contributed by atoms with Gasteiger partial charge in [-0.1, -0.05) is 18.2 Å². The molecule has 1 heterocycles. The standard InChI is InChI=1S/C17H29N3O/c1-19(11-6-14-21-2)17(15-18)9-12-20(13-10-17)16-7-4-3-5-8-16/h3-5,7-8H,6,9-15,18H2,1-2H3. The molecule has 21 heavy (non-hydrogen) atoms. The first-order valence-corrected chi connectivity index (χ1v) is 7.92. The van der Waals surface area contributed by atoms with E-state index in [1.807, 2.05) is 0 Å². The van der Waals surface area contributed by atoms with E-state index in [9.17, 15) is 0 Å². The van der Waals surface area contributed by atoms with E-state index in [0.717, 1.165) is 52.0 Å². The third-order valence-electron chi connectivity index (χ3n) is 4.85. The van der Waals surface area contributed by atoms with Crippen molar-refractivity contribution in [1.29, 1.82) is 0 Å². The molecule has 0 radical (unpaired) electrons. The van der Waals surface area contributed by atoms with Gasteiger partial charge in [0.15, 0.2) is 0 Å². The second-order valence-corrected chi connectivity index (χ2v) is 6.02. The van der Waals surface area contributed by atoms with Crippen molar-refractivity contribution in [2.45, 2.75) is 24.8 Å². The molecule has 0 bridgehead atoms. The lowest BCUT2D eigenvalue weighted by Crippen LogP contribution is -2.58. The molecular formula is C17H29N3O. The molecular weight excluding hydrogens is 262 g/mol. The van der Waals surface area contributed by atoms with E-state index in [0.29, 0.717) is 0 Å². The van der Waals surface area contributed by atoms with Crippen LogP contribution in [0.1, 0.15) is 19.3 Å². The van der Waals surface area contributed by atoms with Crippen molar-refractivity contribution in [2.24, 2.45) is 5.73 Å². The highest BCUT2D eigenvalue weighted by molar-refractivity contribution is 5.46. The van der Waals surface area contributed by atoms with Gasteiger partial charge in [-0.3, -0.25) is 4.90 Å². The predicted octanol–water partition coefficient (Wildman–Crippen LogP) is 1.95. The molecule has 0 aromatic heterocycles. The fraction of sp³-hybridized carbons (Fsp3) is 0.647. The Kier molecular flexibility index (Phi) is 6.03. The van der Waals surface area contributed by atoms with Crippen LogP contribution >= 0.6 is 0 Å². The number of hydrogen-bond donors (Lipinski definition) is 1. The molecule has 1 aliphatic heterocycles. The average Bonchev–Trinajstić information content (AvgIpc) is 2.56. The van der Waals surface area contributed by atoms with Crippen molar-refractivity contribution in [1.82, 2.24) is 4.90 Å². The Morgan fingerprint density at radius 3 is 2.48 bits per heavy atom. The minimum absolute atomic E-state index is 0.152. The highest BCUT2D eigenvalue weighted by Crippen LogP contribution is 2.29. The number of benzene rings is 1. The molecule has 118 valence electrons. The van der Waals surface area contributed by atoms with Crippen molar-refractivity contribution in [3.63, 3.8) is 0 Å². The highest BCUT2D eigenvalue weighted by Gasteiger charge is 2.36. The molecule has 1 aliphatic rings. The van der Waals surface area contributed by atoms with Crippen LogP contribution in [0.3, 0.4) is 0 Å². The maximum atomic E-state index is 6.14. The largest absolute Gasteiger partial charge is 0.385 e. The molecule has 4 nitrogen and oxygen atoms in total. The monoisotopic (exact) mass is 291 g/mol. The molecule has 1 aromatic rings. The first-order valence-electron chi connectivity index (χ1n) is 7.92. The topological polar surface area (TPSA) is 41.7 Å². The van der Waals surface area contributed by atoms with Gasteiger partial charge in [0, 0.05) is 51.1 Å². The van der Waals surface area contributed by atoms with Gasteiger partial charge in [0.1, 0.15) is 0 Å². The van der Waals surface area contributed by atoms with Crippen molar-refractivity contribution in [3.05, 3.63) is 30.3 Å². The Bertz CT molecular complexity index is 402. The molecule has 4 heteroatoms. The summed E-state index contributed by atoms with van der Waals surface area (Å²) in [4.78, 5) is 4.92. The number of piperidine rings is 1. The number of nitrogens with zero attached hydrogens (tertiary/aromatic N) is 2. The zero-order chi connectivity index (χ0) is 15.1. The van der Waals surface area contributed by atoms with Crippen LogP contribution in [-0.2, 0) is 4.74 Å². The van der Waals surface area contributed by atoms with Crippen molar-refractivity contribution in [3.8, 4) is 0 Å². The van der Waals surface area contributed by atoms with E-state index in [1.54, 1.807) is 7.11 Å². The minimum Gasteiger partial charge on any atom is -0.385 e. The Labute approximate surface area is 128 Å². The summed E-state index contributed by atoms with van der Waals surface area (Å²) in [5.74, 6) is 0. The molecule has 1 saturated heterocycles. The number of likely N-dealkylation sites (N-methyl/N-ethyl adjacent to an activating group) is 1. The van der Waals surface area contributed by atoms with Gasteiger partial charge >= 0.3 is 0 Å². The summed E-state index contributed by atoms with van der Waals surface area (Å²) in [7, 11) is 3.97. The summed E-state index contributed by atoms with van der Waals surface area (Å²) < 4.78 is 5.15. The Morgan fingerprint density at radius 1 is 1.24 bits per heavy atom. The van der Waals surface area contributed by atoms with E-state index in [-0.39, 0.29) is 5.54 Å². The second kappa shape index (κ2) is 7.78. The van der Waals surface area contributed by atoms with Crippen LogP contribution in [0, 0.1) is 0 Å². The number of para-hydroxylation sites is 1. The maximum Gasteiger partial charge on any atom is 0.0474 e. The molecule has 2 rings (SSSR count). The average molecular weight is 291 g/mol. The highest BCUT2D eigenvalue weighted by atomic mass is 16.5. The summed E-state index contributed by atoms with van der Waals surface area (Å²) in [6, 6.07) is 10.7. The fourth-order valence-electron chi connectivity index (χ4n) is 3.24. The van der Waals surface area contributed by atoms with E-state index < -0.39 is 0 Å². The van der Waals surface area contributed by atoms with Gasteiger partial charge in [-0.05, 0) is 38.4 Å². The first kappa shape index (κ1) is 16.3. The number of ether oxygens (including phenoxy) is 1. The zero-order valence-electron chi connectivity index (χ0n) is 13.4. The molecule has 0 spiro atoms. The molecule has 1 aromatic carbocycles. The molecule has 0 atom stereocenters. The van der Waals surface area contributed by atoms with E-state index in [1.165, 1.54) is 5.69 Å². The predicted molar refractivity (Wildman–Crippen MR) is 88.8 cm³/mol. The SMILES string of the molecule is COCCCN(C)C1(CN)CCN(c2ccccc2)CC1. The van der Waals surface area contributed by atoms with Gasteiger partial charge in [-0.15, -0.1) is 0 Å². The third-order valence-corrected chi connectivity index (χ3v) is 4.85. The van der Waals surface area contributed by atoms with Gasteiger partial charge in [0.25, 0.3) is 0 Å². The Balaban J connectivity index is 1.92. The van der Waals surface area contributed by atoms with E-state index in [4.69, 9.17) is 10.5 Å². The number of anilines is 1. The van der Waals surface area contributed by atoms with Crippen LogP contribution < -0.4 is 10.6 Å². The molecule has 0 amide bonds. The summed E-state index contributed by atoms with van der Waals surface area (Å²) in [5, 5.41) is 0. The molecule has 0 unspecified atom stereocenters. The van der Waals surface area contributed by atoms with Crippen molar-refractivity contribution >= 4 is 5.69 Å². The molecule has 2 N–H and O–H groups in total. The van der Waals surface area contributed by atoms with Crippen molar-refractivity contribution < 1.29 is 4.74 Å². The number of nitrogens with two attached hydrogens (primary N) is 1. The maximum absolute atomic E-state index is 6.14. The fourth-order valence-corrected chi connectivity index (χ4v) is 3.24. The Hall–Kier alpha value is -1.10. The van der Waals surface area contributed by atoms with Crippen LogP contribution in [0.5, 0.6) is 0 Å². The summed E-state index contributed by atoms with van der Waals surface area (Å²) in [6.45, 7) is 4.77. The second-order valence-electron chi connectivity index (χ2n) is 6.02. The van der Waals surface area contributed by atoms with Gasteiger partial charge in [0.2, 0.25) is 0 Å². The first-order chi connectivity index (χ1) is 10.2. The third kappa shape index (κ3) is 3.96. The minimum atomic E-state index is 0.152. The van der Waals surface area contributed by atoms with Gasteiger partial charge in [-0.25, -0.2) is 0 Å². The van der Waals surface area contributed by atoms with Crippen LogP contribution in [0.2, 0.25) is 0 Å². The van der Waals surface area contributed by atoms with E-state index in [2.05, 4.69) is 47.2 Å². The zero-order valence-corrected chi connectivity index (χ0v) is 13.4. The quantitative estimate of drug-likeness (QED) is 0.780. The molecule has 1 fully saturated rings. The van der Waals surface area contributed by atoms with Crippen LogP contribution in [0.4, 0.5) is 5.69 Å². The number of rotatable bonds is 7. The molecule has 0 aliphatic carbocycles. The Morgan fingerprint density at radius 2 is 1.90 bits per heavy atom. The molecule has 0 saturated carbocycles. The van der Waals surface area contributed by atoms with E-state index >= 15 is 0 Å². The van der Waals surface area contributed by atoms with Crippen LogP contribution in [-0.4, -0.2) is 57.4 Å². The summed E-state index contributed by atoms with van der Waals surface area (Å²) in [5.41, 5.74) is 7.61. The van der Waals surface area contributed by atoms with Crippen LogP contribution in [0.15, 0.2) is 30.3 Å². The number of methoxy groups -OCH3 is 1. The lowest BCUT2D eigenvalue weighted by Gasteiger charge is -2.47. The van der Waals surface area contributed by atoms with Crippen molar-refractivity contribution in [2.75, 3.05) is 51.8 Å².